The number of anilines is 2. The Morgan fingerprint density at radius 1 is 1.44 bits per heavy atom. The lowest BCUT2D eigenvalue weighted by atomic mass is 10.4. The van der Waals surface area contributed by atoms with Crippen molar-refractivity contribution in [2.45, 2.75) is 6.92 Å². The lowest BCUT2D eigenvalue weighted by Crippen LogP contribution is -2.05. The molecule has 3 N–H and O–H groups in total. The van der Waals surface area contributed by atoms with E-state index in [1.807, 2.05) is 0 Å². The Morgan fingerprint density at radius 2 is 2.12 bits per heavy atom. The van der Waals surface area contributed by atoms with Crippen molar-refractivity contribution in [2.75, 3.05) is 11.1 Å². The average Bonchev–Trinajstić information content (AvgIpc) is 2.45. The fourth-order valence-electron chi connectivity index (χ4n) is 1.19. The molecular weight excluding hydrogens is 271 g/mol. The molecule has 0 aliphatic heterocycles. The van der Waals surface area contributed by atoms with Crippen molar-refractivity contribution in [2.24, 2.45) is 0 Å². The second kappa shape index (κ2) is 4.04. The highest BCUT2D eigenvalue weighted by Gasteiger charge is 2.15. The monoisotopic (exact) mass is 276 g/mol. The molecule has 0 saturated carbocycles. The van der Waals surface area contributed by atoms with Crippen LogP contribution in [-0.4, -0.2) is 15.9 Å². The third-order valence-electron chi connectivity index (χ3n) is 1.79. The fraction of sp³-hybridized carbons (Fsp3) is 0.125. The van der Waals surface area contributed by atoms with Gasteiger partial charge in [-0.15, -0.1) is 11.3 Å². The van der Waals surface area contributed by atoms with Gasteiger partial charge in [-0.1, -0.05) is 11.6 Å². The van der Waals surface area contributed by atoms with Gasteiger partial charge in [0.15, 0.2) is 5.15 Å². The fourth-order valence-corrected chi connectivity index (χ4v) is 2.67. The topological polar surface area (TPSA) is 80.9 Å². The summed E-state index contributed by atoms with van der Waals surface area (Å²) in [4.78, 5) is 18.7. The van der Waals surface area contributed by atoms with Crippen molar-refractivity contribution >= 4 is 61.4 Å². The molecule has 0 unspecified atom stereocenters. The molecule has 2 aromatic heterocycles. The Labute approximate surface area is 105 Å². The normalized spacial score (nSPS) is 10.7. The lowest BCUT2D eigenvalue weighted by molar-refractivity contribution is -0.114. The molecule has 2 aromatic rings. The molecule has 0 radical (unpaired) electrons. The third-order valence-corrected chi connectivity index (χ3v) is 3.46. The molecular formula is C8H6Cl2N4OS. The summed E-state index contributed by atoms with van der Waals surface area (Å²) in [7, 11) is 0. The minimum absolute atomic E-state index is 0.0244. The van der Waals surface area contributed by atoms with E-state index in [2.05, 4.69) is 15.3 Å². The van der Waals surface area contributed by atoms with Gasteiger partial charge in [-0.2, -0.15) is 0 Å². The quantitative estimate of drug-likeness (QED) is 0.620. The van der Waals surface area contributed by atoms with Crippen LogP contribution in [-0.2, 0) is 4.79 Å². The van der Waals surface area contributed by atoms with E-state index in [0.717, 1.165) is 0 Å². The van der Waals surface area contributed by atoms with E-state index < -0.39 is 0 Å². The van der Waals surface area contributed by atoms with Crippen LogP contribution in [0.2, 0.25) is 10.4 Å². The summed E-state index contributed by atoms with van der Waals surface area (Å²) in [5.41, 5.74) is 6.62. The number of hydrogen-bond donors (Lipinski definition) is 2. The number of rotatable bonds is 1. The van der Waals surface area contributed by atoms with Gasteiger partial charge >= 0.3 is 0 Å². The van der Waals surface area contributed by atoms with Crippen LogP contribution in [0.5, 0.6) is 0 Å². The number of thiophene rings is 1. The number of amides is 1. The predicted octanol–water partition coefficient (Wildman–Crippen LogP) is 2.54. The van der Waals surface area contributed by atoms with Crippen molar-refractivity contribution < 1.29 is 4.79 Å². The number of nitrogens with zero attached hydrogens (tertiary/aromatic N) is 2. The lowest BCUT2D eigenvalue weighted by Gasteiger charge is -1.97. The number of fused-ring (bicyclic) bond motifs is 1. The third kappa shape index (κ3) is 1.91. The zero-order valence-corrected chi connectivity index (χ0v) is 10.4. The number of carbonyl (C=O) groups is 1. The first-order valence-corrected chi connectivity index (χ1v) is 5.75. The van der Waals surface area contributed by atoms with Crippen LogP contribution in [0.25, 0.3) is 10.2 Å². The van der Waals surface area contributed by atoms with E-state index in [1.165, 1.54) is 18.3 Å². The van der Waals surface area contributed by atoms with Gasteiger partial charge in [0, 0.05) is 6.92 Å². The van der Waals surface area contributed by atoms with Crippen LogP contribution in [0.15, 0.2) is 0 Å². The van der Waals surface area contributed by atoms with Crippen molar-refractivity contribution in [1.82, 2.24) is 9.97 Å². The van der Waals surface area contributed by atoms with E-state index in [9.17, 15) is 4.79 Å². The Bertz CT molecular complexity index is 583. The summed E-state index contributed by atoms with van der Waals surface area (Å²) in [5.74, 6) is -0.214. The molecule has 84 valence electrons. The van der Waals surface area contributed by atoms with Crippen molar-refractivity contribution in [1.29, 1.82) is 0 Å². The summed E-state index contributed by atoms with van der Waals surface area (Å²) < 4.78 is 0.604. The molecule has 0 saturated heterocycles. The van der Waals surface area contributed by atoms with Gasteiger partial charge in [0.1, 0.15) is 10.5 Å². The van der Waals surface area contributed by atoms with E-state index >= 15 is 0 Å². The van der Waals surface area contributed by atoms with E-state index in [-0.39, 0.29) is 16.3 Å². The zero-order chi connectivity index (χ0) is 11.9. The maximum absolute atomic E-state index is 10.9. The summed E-state index contributed by atoms with van der Waals surface area (Å²) in [6.45, 7) is 1.39. The van der Waals surface area contributed by atoms with Gasteiger partial charge in [-0.3, -0.25) is 4.79 Å². The van der Waals surface area contributed by atoms with Crippen LogP contribution in [0, 0.1) is 0 Å². The first-order chi connectivity index (χ1) is 7.49. The maximum Gasteiger partial charge on any atom is 0.224 e. The molecule has 0 aromatic carbocycles. The largest absolute Gasteiger partial charge is 0.395 e. The highest BCUT2D eigenvalue weighted by atomic mass is 35.5. The SMILES string of the molecule is CC(=O)Nc1sc2c(Cl)nc(Cl)nc2c1N. The Kier molecular flexibility index (Phi) is 2.88. The minimum atomic E-state index is -0.214. The molecule has 0 bridgehead atoms. The second-order valence-corrected chi connectivity index (χ2v) is 4.70. The molecule has 2 heterocycles. The van der Waals surface area contributed by atoms with Gasteiger partial charge < -0.3 is 11.1 Å². The second-order valence-electron chi connectivity index (χ2n) is 2.99. The molecule has 0 fully saturated rings. The molecule has 1 amide bonds. The Morgan fingerprint density at radius 3 is 2.75 bits per heavy atom. The minimum Gasteiger partial charge on any atom is -0.395 e. The van der Waals surface area contributed by atoms with E-state index in [4.69, 9.17) is 28.9 Å². The molecule has 5 nitrogen and oxygen atoms in total. The standard InChI is InChI=1S/C8H6Cl2N4OS/c1-2(15)12-7-3(11)4-5(16-7)6(9)14-8(10)13-4/h11H2,1H3,(H,12,15). The molecule has 0 atom stereocenters. The number of halogens is 2. The van der Waals surface area contributed by atoms with Gasteiger partial charge in [0.25, 0.3) is 0 Å². The molecule has 16 heavy (non-hydrogen) atoms. The number of carbonyl (C=O) groups excluding carboxylic acids is 1. The number of aromatic nitrogens is 2. The molecule has 0 aliphatic carbocycles. The van der Waals surface area contributed by atoms with Crippen LogP contribution < -0.4 is 11.1 Å². The smallest absolute Gasteiger partial charge is 0.224 e. The highest BCUT2D eigenvalue weighted by Crippen LogP contribution is 2.40. The Hall–Kier alpha value is -1.11. The molecule has 2 rings (SSSR count). The van der Waals surface area contributed by atoms with Crippen LogP contribution >= 0.6 is 34.5 Å². The summed E-state index contributed by atoms with van der Waals surface area (Å²) in [6.07, 6.45) is 0. The molecule has 8 heteroatoms. The number of nitrogens with two attached hydrogens (primary N) is 1. The number of nitrogen functional groups attached to an aromatic ring is 1. The summed E-state index contributed by atoms with van der Waals surface area (Å²) in [6, 6.07) is 0. The van der Waals surface area contributed by atoms with Crippen LogP contribution in [0.3, 0.4) is 0 Å². The van der Waals surface area contributed by atoms with Crippen LogP contribution in [0.1, 0.15) is 6.92 Å². The van der Waals surface area contributed by atoms with Crippen molar-refractivity contribution in [3.63, 3.8) is 0 Å². The van der Waals surface area contributed by atoms with Crippen molar-refractivity contribution in [3.05, 3.63) is 10.4 Å². The first kappa shape index (κ1) is 11.4. The summed E-state index contributed by atoms with van der Waals surface area (Å²) >= 11 is 12.8. The Balaban J connectivity index is 2.67. The first-order valence-electron chi connectivity index (χ1n) is 4.17. The van der Waals surface area contributed by atoms with Crippen LogP contribution in [0.4, 0.5) is 10.7 Å². The number of hydrogen-bond acceptors (Lipinski definition) is 5. The van der Waals surface area contributed by atoms with Gasteiger partial charge in [0.05, 0.1) is 10.4 Å². The van der Waals surface area contributed by atoms with Crippen molar-refractivity contribution in [3.8, 4) is 0 Å². The van der Waals surface area contributed by atoms with Gasteiger partial charge in [-0.05, 0) is 11.6 Å². The summed E-state index contributed by atoms with van der Waals surface area (Å²) in [5, 5.41) is 3.34. The maximum atomic E-state index is 10.9. The predicted molar refractivity (Wildman–Crippen MR) is 66.2 cm³/mol. The zero-order valence-electron chi connectivity index (χ0n) is 8.04. The van der Waals surface area contributed by atoms with E-state index in [0.29, 0.717) is 20.9 Å². The number of nitrogens with one attached hydrogen (secondary N) is 1. The highest BCUT2D eigenvalue weighted by molar-refractivity contribution is 7.24. The van der Waals surface area contributed by atoms with Gasteiger partial charge in [-0.25, -0.2) is 9.97 Å². The van der Waals surface area contributed by atoms with E-state index in [1.54, 1.807) is 0 Å². The molecule has 0 aliphatic rings. The average molecular weight is 277 g/mol. The molecule has 0 spiro atoms. The van der Waals surface area contributed by atoms with Gasteiger partial charge in [0.2, 0.25) is 11.2 Å².